The first kappa shape index (κ1) is 16.7. The molecule has 3 nitrogen and oxygen atoms in total. The van der Waals surface area contributed by atoms with Crippen molar-refractivity contribution in [1.29, 1.82) is 0 Å². The molecule has 0 fully saturated rings. The number of hydrogen-bond acceptors (Lipinski definition) is 2. The van der Waals surface area contributed by atoms with Crippen LogP contribution in [0.3, 0.4) is 0 Å². The van der Waals surface area contributed by atoms with E-state index in [9.17, 15) is 4.79 Å². The van der Waals surface area contributed by atoms with E-state index in [0.717, 1.165) is 18.7 Å². The summed E-state index contributed by atoms with van der Waals surface area (Å²) in [6.45, 7) is 7.68. The lowest BCUT2D eigenvalue weighted by Gasteiger charge is -2.30. The third kappa shape index (κ3) is 3.51. The average Bonchev–Trinajstić information content (AvgIpc) is 2.90. The highest BCUT2D eigenvalue weighted by molar-refractivity contribution is 5.97. The van der Waals surface area contributed by atoms with Crippen LogP contribution >= 0.6 is 0 Å². The van der Waals surface area contributed by atoms with Gasteiger partial charge >= 0.3 is 0 Å². The van der Waals surface area contributed by atoms with Crippen molar-refractivity contribution in [3.8, 4) is 0 Å². The largest absolute Gasteiger partial charge is 0.308 e. The van der Waals surface area contributed by atoms with E-state index in [-0.39, 0.29) is 11.9 Å². The fourth-order valence-corrected chi connectivity index (χ4v) is 3.43. The topological polar surface area (TPSA) is 23.6 Å². The van der Waals surface area contributed by atoms with E-state index in [1.54, 1.807) is 0 Å². The summed E-state index contributed by atoms with van der Waals surface area (Å²) in [7, 11) is 0. The molecule has 1 unspecified atom stereocenters. The Morgan fingerprint density at radius 2 is 1.79 bits per heavy atom. The molecule has 2 aromatic rings. The Labute approximate surface area is 144 Å². The molecule has 1 amide bonds. The van der Waals surface area contributed by atoms with Crippen molar-refractivity contribution in [1.82, 2.24) is 4.90 Å². The molecule has 0 N–H and O–H groups in total. The highest BCUT2D eigenvalue weighted by Crippen LogP contribution is 2.32. The second-order valence-electron chi connectivity index (χ2n) is 6.93. The molecule has 24 heavy (non-hydrogen) atoms. The predicted molar refractivity (Wildman–Crippen MR) is 99.1 cm³/mol. The smallest absolute Gasteiger partial charge is 0.241 e. The lowest BCUT2D eigenvalue weighted by Crippen LogP contribution is -2.44. The molecule has 0 radical (unpaired) electrons. The van der Waals surface area contributed by atoms with Gasteiger partial charge in [0, 0.05) is 24.3 Å². The van der Waals surface area contributed by atoms with Crippen LogP contribution in [0, 0.1) is 0 Å². The monoisotopic (exact) mass is 322 g/mol. The Bertz CT molecular complexity index is 696. The van der Waals surface area contributed by atoms with Gasteiger partial charge in [0.2, 0.25) is 5.91 Å². The van der Waals surface area contributed by atoms with Crippen molar-refractivity contribution in [2.45, 2.75) is 45.8 Å². The molecule has 1 heterocycles. The van der Waals surface area contributed by atoms with Crippen LogP contribution < -0.4 is 4.90 Å². The Kier molecular flexibility index (Phi) is 5.00. The standard InChI is InChI=1S/C21H26N2O/c1-16(2)22(14-18-9-5-4-6-10-18)15-21(24)23-17(3)13-19-11-7-8-12-20(19)23/h4-12,16-17H,13-15H2,1-3H3. The molecule has 3 rings (SSSR count). The van der Waals surface area contributed by atoms with E-state index < -0.39 is 0 Å². The van der Waals surface area contributed by atoms with Crippen LogP contribution in [0.15, 0.2) is 54.6 Å². The quantitative estimate of drug-likeness (QED) is 0.834. The number of para-hydroxylation sites is 1. The first-order valence-corrected chi connectivity index (χ1v) is 8.74. The molecular formula is C21H26N2O. The fourth-order valence-electron chi connectivity index (χ4n) is 3.43. The van der Waals surface area contributed by atoms with Gasteiger partial charge in [-0.1, -0.05) is 48.5 Å². The maximum Gasteiger partial charge on any atom is 0.241 e. The molecule has 0 saturated heterocycles. The van der Waals surface area contributed by atoms with Gasteiger partial charge in [0.1, 0.15) is 0 Å². The third-order valence-corrected chi connectivity index (χ3v) is 4.77. The second kappa shape index (κ2) is 7.18. The molecule has 0 aliphatic carbocycles. The van der Waals surface area contributed by atoms with Crippen molar-refractivity contribution in [2.24, 2.45) is 0 Å². The van der Waals surface area contributed by atoms with Gasteiger partial charge in [0.15, 0.2) is 0 Å². The van der Waals surface area contributed by atoms with E-state index in [0.29, 0.717) is 12.6 Å². The molecule has 2 aromatic carbocycles. The van der Waals surface area contributed by atoms with Gasteiger partial charge < -0.3 is 4.90 Å². The molecule has 1 aliphatic heterocycles. The minimum atomic E-state index is 0.192. The van der Waals surface area contributed by atoms with Crippen molar-refractivity contribution in [2.75, 3.05) is 11.4 Å². The molecular weight excluding hydrogens is 296 g/mol. The molecule has 126 valence electrons. The summed E-state index contributed by atoms with van der Waals surface area (Å²) in [5.41, 5.74) is 3.60. The minimum Gasteiger partial charge on any atom is -0.308 e. The molecule has 0 spiro atoms. The number of amides is 1. The predicted octanol–water partition coefficient (Wildman–Crippen LogP) is 3.87. The first-order valence-electron chi connectivity index (χ1n) is 8.74. The number of carbonyl (C=O) groups excluding carboxylic acids is 1. The Hall–Kier alpha value is -2.13. The maximum atomic E-state index is 13.0. The van der Waals surface area contributed by atoms with Crippen molar-refractivity contribution >= 4 is 11.6 Å². The van der Waals surface area contributed by atoms with Gasteiger partial charge in [0.25, 0.3) is 0 Å². The van der Waals surface area contributed by atoms with Crippen LogP contribution in [0.1, 0.15) is 31.9 Å². The third-order valence-electron chi connectivity index (χ3n) is 4.77. The molecule has 0 aromatic heterocycles. The van der Waals surface area contributed by atoms with Crippen LogP contribution in [-0.2, 0) is 17.8 Å². The zero-order valence-electron chi connectivity index (χ0n) is 14.8. The summed E-state index contributed by atoms with van der Waals surface area (Å²) >= 11 is 0. The van der Waals surface area contributed by atoms with Gasteiger partial charge in [0.05, 0.1) is 6.54 Å². The highest BCUT2D eigenvalue weighted by atomic mass is 16.2. The van der Waals surface area contributed by atoms with Crippen molar-refractivity contribution < 1.29 is 4.79 Å². The van der Waals surface area contributed by atoms with E-state index >= 15 is 0 Å². The second-order valence-corrected chi connectivity index (χ2v) is 6.93. The van der Waals surface area contributed by atoms with Crippen LogP contribution in [0.2, 0.25) is 0 Å². The van der Waals surface area contributed by atoms with Gasteiger partial charge in [-0.2, -0.15) is 0 Å². The van der Waals surface area contributed by atoms with Crippen molar-refractivity contribution in [3.05, 3.63) is 65.7 Å². The van der Waals surface area contributed by atoms with Crippen LogP contribution in [-0.4, -0.2) is 29.4 Å². The number of fused-ring (bicyclic) bond motifs is 1. The average molecular weight is 322 g/mol. The van der Waals surface area contributed by atoms with Gasteiger partial charge in [-0.3, -0.25) is 9.69 Å². The highest BCUT2D eigenvalue weighted by Gasteiger charge is 2.31. The maximum absolute atomic E-state index is 13.0. The molecule has 0 bridgehead atoms. The minimum absolute atomic E-state index is 0.192. The number of carbonyl (C=O) groups is 1. The molecule has 1 atom stereocenters. The normalized spacial score (nSPS) is 16.7. The van der Waals surface area contributed by atoms with Gasteiger partial charge in [-0.25, -0.2) is 0 Å². The van der Waals surface area contributed by atoms with Crippen LogP contribution in [0.5, 0.6) is 0 Å². The Balaban J connectivity index is 1.74. The summed E-state index contributed by atoms with van der Waals surface area (Å²) in [6.07, 6.45) is 0.947. The van der Waals surface area contributed by atoms with E-state index in [4.69, 9.17) is 0 Å². The summed E-state index contributed by atoms with van der Waals surface area (Å²) in [5, 5.41) is 0. The summed E-state index contributed by atoms with van der Waals surface area (Å²) in [6, 6.07) is 19.2. The lowest BCUT2D eigenvalue weighted by molar-refractivity contribution is -0.120. The number of rotatable bonds is 5. The molecule has 1 aliphatic rings. The lowest BCUT2D eigenvalue weighted by atomic mass is 10.1. The van der Waals surface area contributed by atoms with E-state index in [1.807, 2.05) is 17.0 Å². The SMILES string of the molecule is CC(C)N(CC(=O)N1c2ccccc2CC1C)Cc1ccccc1. The van der Waals surface area contributed by atoms with Gasteiger partial charge in [-0.15, -0.1) is 0 Å². The number of nitrogens with zero attached hydrogens (tertiary/aromatic N) is 2. The number of anilines is 1. The van der Waals surface area contributed by atoms with Crippen LogP contribution in [0.25, 0.3) is 0 Å². The first-order chi connectivity index (χ1) is 11.6. The fraction of sp³-hybridized carbons (Fsp3) is 0.381. The number of benzene rings is 2. The van der Waals surface area contributed by atoms with E-state index in [2.05, 4.69) is 68.1 Å². The Morgan fingerprint density at radius 1 is 1.12 bits per heavy atom. The zero-order valence-corrected chi connectivity index (χ0v) is 14.8. The van der Waals surface area contributed by atoms with Crippen LogP contribution in [0.4, 0.5) is 5.69 Å². The molecule has 0 saturated carbocycles. The van der Waals surface area contributed by atoms with Gasteiger partial charge in [-0.05, 0) is 44.4 Å². The van der Waals surface area contributed by atoms with Crippen molar-refractivity contribution in [3.63, 3.8) is 0 Å². The summed E-state index contributed by atoms with van der Waals surface area (Å²) in [4.78, 5) is 17.2. The zero-order chi connectivity index (χ0) is 17.1. The Morgan fingerprint density at radius 3 is 2.50 bits per heavy atom. The summed E-state index contributed by atoms with van der Waals surface area (Å²) < 4.78 is 0. The summed E-state index contributed by atoms with van der Waals surface area (Å²) in [5.74, 6) is 0.192. The number of hydrogen-bond donors (Lipinski definition) is 0. The van der Waals surface area contributed by atoms with E-state index in [1.165, 1.54) is 11.1 Å². The molecule has 3 heteroatoms.